The van der Waals surface area contributed by atoms with Crippen LogP contribution in [0.15, 0.2) is 18.2 Å². The summed E-state index contributed by atoms with van der Waals surface area (Å²) >= 11 is 4.84. The Hall–Kier alpha value is -1.16. The molecule has 0 aromatic carbocycles. The molecule has 4 heteroatoms. The number of thiocarbonyl (C=S) groups is 1. The Labute approximate surface area is 83.6 Å². The van der Waals surface area contributed by atoms with E-state index in [1.54, 1.807) is 0 Å². The molecular weight excluding hydrogens is 182 g/mol. The topological polar surface area (TPSA) is 42.1 Å². The van der Waals surface area contributed by atoms with Gasteiger partial charge in [-0.1, -0.05) is 18.3 Å². The van der Waals surface area contributed by atoms with E-state index in [1.807, 2.05) is 30.1 Å². The summed E-state index contributed by atoms with van der Waals surface area (Å²) in [6.45, 7) is 2.98. The predicted octanol–water partition coefficient (Wildman–Crippen LogP) is 1.17. The van der Waals surface area contributed by atoms with Crippen molar-refractivity contribution in [3.05, 3.63) is 23.9 Å². The second-order valence-corrected chi connectivity index (χ2v) is 3.20. The average molecular weight is 195 g/mol. The zero-order valence-corrected chi connectivity index (χ0v) is 8.64. The van der Waals surface area contributed by atoms with Crippen LogP contribution in [0.1, 0.15) is 12.6 Å². The van der Waals surface area contributed by atoms with Crippen LogP contribution in [0.5, 0.6) is 0 Å². The summed E-state index contributed by atoms with van der Waals surface area (Å²) < 4.78 is 0. The highest BCUT2D eigenvalue weighted by atomic mass is 32.1. The van der Waals surface area contributed by atoms with E-state index in [1.165, 1.54) is 0 Å². The molecule has 0 aliphatic heterocycles. The molecule has 2 N–H and O–H groups in total. The molecule has 1 aromatic heterocycles. The van der Waals surface area contributed by atoms with E-state index < -0.39 is 0 Å². The fourth-order valence-electron chi connectivity index (χ4n) is 0.935. The molecule has 0 spiro atoms. The first-order valence-corrected chi connectivity index (χ1v) is 4.54. The third-order valence-corrected chi connectivity index (χ3v) is 2.06. The summed E-state index contributed by atoms with van der Waals surface area (Å²) in [7, 11) is 1.98. The summed E-state index contributed by atoms with van der Waals surface area (Å²) in [5.41, 5.74) is 6.15. The maximum atomic E-state index is 5.47. The minimum absolute atomic E-state index is 0.339. The number of nitrogens with two attached hydrogens (primary N) is 1. The van der Waals surface area contributed by atoms with Crippen molar-refractivity contribution in [1.82, 2.24) is 4.98 Å². The van der Waals surface area contributed by atoms with Gasteiger partial charge in [0.2, 0.25) is 0 Å². The van der Waals surface area contributed by atoms with Gasteiger partial charge in [0.05, 0.1) is 5.69 Å². The molecule has 1 aromatic rings. The first-order chi connectivity index (χ1) is 6.15. The van der Waals surface area contributed by atoms with E-state index in [4.69, 9.17) is 18.0 Å². The van der Waals surface area contributed by atoms with Crippen LogP contribution in [-0.4, -0.2) is 23.6 Å². The molecule has 0 fully saturated rings. The monoisotopic (exact) mass is 195 g/mol. The third kappa shape index (κ3) is 2.39. The Bertz CT molecular complexity index is 311. The number of hydrogen-bond acceptors (Lipinski definition) is 3. The van der Waals surface area contributed by atoms with Crippen LogP contribution in [0.25, 0.3) is 0 Å². The molecule has 70 valence electrons. The quantitative estimate of drug-likeness (QED) is 0.735. The molecule has 0 aliphatic carbocycles. The van der Waals surface area contributed by atoms with Crippen LogP contribution in [0, 0.1) is 0 Å². The van der Waals surface area contributed by atoms with E-state index in [2.05, 4.69) is 11.9 Å². The number of rotatable bonds is 3. The van der Waals surface area contributed by atoms with Gasteiger partial charge in [-0.05, 0) is 19.1 Å². The molecule has 0 radical (unpaired) electrons. The Morgan fingerprint density at radius 2 is 2.31 bits per heavy atom. The molecule has 0 saturated heterocycles. The highest BCUT2D eigenvalue weighted by Crippen LogP contribution is 2.08. The minimum atomic E-state index is 0.339. The van der Waals surface area contributed by atoms with Crippen LogP contribution in [0.3, 0.4) is 0 Å². The molecule has 0 aliphatic rings. The Morgan fingerprint density at radius 1 is 1.62 bits per heavy atom. The van der Waals surface area contributed by atoms with Crippen molar-refractivity contribution < 1.29 is 0 Å². The lowest BCUT2D eigenvalue weighted by molar-refractivity contribution is 0.937. The van der Waals surface area contributed by atoms with Crippen molar-refractivity contribution in [3.8, 4) is 0 Å². The van der Waals surface area contributed by atoms with Gasteiger partial charge < -0.3 is 10.6 Å². The second kappa shape index (κ2) is 4.18. The minimum Gasteiger partial charge on any atom is -0.388 e. The van der Waals surface area contributed by atoms with Gasteiger partial charge in [-0.15, -0.1) is 0 Å². The highest BCUT2D eigenvalue weighted by Gasteiger charge is 2.02. The normalized spacial score (nSPS) is 9.69. The number of aromatic nitrogens is 1. The molecule has 13 heavy (non-hydrogen) atoms. The fourth-order valence-corrected chi connectivity index (χ4v) is 1.05. The summed E-state index contributed by atoms with van der Waals surface area (Å²) in [5, 5.41) is 0. The van der Waals surface area contributed by atoms with E-state index in [-0.39, 0.29) is 0 Å². The zero-order valence-electron chi connectivity index (χ0n) is 7.82. The average Bonchev–Trinajstić information content (AvgIpc) is 2.17. The predicted molar refractivity (Wildman–Crippen MR) is 59.1 cm³/mol. The molecule has 0 saturated carbocycles. The molecule has 3 nitrogen and oxygen atoms in total. The van der Waals surface area contributed by atoms with Gasteiger partial charge in [-0.2, -0.15) is 0 Å². The van der Waals surface area contributed by atoms with Crippen molar-refractivity contribution in [2.45, 2.75) is 6.92 Å². The molecule has 1 rings (SSSR count). The van der Waals surface area contributed by atoms with E-state index in [0.29, 0.717) is 10.7 Å². The molecule has 0 atom stereocenters. The Morgan fingerprint density at radius 3 is 2.85 bits per heavy atom. The molecule has 0 amide bonds. The van der Waals surface area contributed by atoms with Crippen molar-refractivity contribution in [3.63, 3.8) is 0 Å². The summed E-state index contributed by atoms with van der Waals surface area (Å²) in [6, 6.07) is 5.66. The zero-order chi connectivity index (χ0) is 9.84. The van der Waals surface area contributed by atoms with Crippen LogP contribution in [0.2, 0.25) is 0 Å². The first-order valence-electron chi connectivity index (χ1n) is 4.13. The van der Waals surface area contributed by atoms with Gasteiger partial charge in [0.1, 0.15) is 10.8 Å². The SMILES string of the molecule is CCN(C)c1cccc(C(N)=S)n1. The smallest absolute Gasteiger partial charge is 0.129 e. The van der Waals surface area contributed by atoms with Gasteiger partial charge in [-0.25, -0.2) is 4.98 Å². The second-order valence-electron chi connectivity index (χ2n) is 2.76. The lowest BCUT2D eigenvalue weighted by Crippen LogP contribution is -2.19. The maximum Gasteiger partial charge on any atom is 0.129 e. The Kier molecular flexibility index (Phi) is 3.19. The van der Waals surface area contributed by atoms with Crippen molar-refractivity contribution >= 4 is 23.0 Å². The Balaban J connectivity index is 2.98. The van der Waals surface area contributed by atoms with Gasteiger partial charge in [0.15, 0.2) is 0 Å². The molecule has 0 unspecified atom stereocenters. The summed E-state index contributed by atoms with van der Waals surface area (Å²) in [5.74, 6) is 0.896. The van der Waals surface area contributed by atoms with E-state index >= 15 is 0 Å². The van der Waals surface area contributed by atoms with E-state index in [9.17, 15) is 0 Å². The number of anilines is 1. The standard InChI is InChI=1S/C9H13N3S/c1-3-12(2)8-6-4-5-7(11-8)9(10)13/h4-6H,3H2,1-2H3,(H2,10,13). The van der Waals surface area contributed by atoms with Gasteiger partial charge in [0.25, 0.3) is 0 Å². The molecule has 0 bridgehead atoms. The van der Waals surface area contributed by atoms with Gasteiger partial charge in [0, 0.05) is 13.6 Å². The van der Waals surface area contributed by atoms with E-state index in [0.717, 1.165) is 12.4 Å². The lowest BCUT2D eigenvalue weighted by Gasteiger charge is -2.15. The highest BCUT2D eigenvalue weighted by molar-refractivity contribution is 7.80. The maximum absolute atomic E-state index is 5.47. The molecule has 1 heterocycles. The van der Waals surface area contributed by atoms with Gasteiger partial charge >= 0.3 is 0 Å². The third-order valence-electron chi connectivity index (χ3n) is 1.85. The summed E-state index contributed by atoms with van der Waals surface area (Å²) in [4.78, 5) is 6.67. The van der Waals surface area contributed by atoms with Gasteiger partial charge in [-0.3, -0.25) is 0 Å². The molecular formula is C9H13N3S. The van der Waals surface area contributed by atoms with Crippen LogP contribution < -0.4 is 10.6 Å². The lowest BCUT2D eigenvalue weighted by atomic mass is 10.3. The van der Waals surface area contributed by atoms with Crippen LogP contribution in [-0.2, 0) is 0 Å². The number of hydrogen-bond donors (Lipinski definition) is 1. The number of nitrogens with zero attached hydrogens (tertiary/aromatic N) is 2. The van der Waals surface area contributed by atoms with Crippen LogP contribution >= 0.6 is 12.2 Å². The first kappa shape index (κ1) is 9.92. The number of pyridine rings is 1. The fraction of sp³-hybridized carbons (Fsp3) is 0.333. The van der Waals surface area contributed by atoms with Crippen molar-refractivity contribution in [2.75, 3.05) is 18.5 Å². The largest absolute Gasteiger partial charge is 0.388 e. The summed E-state index contributed by atoms with van der Waals surface area (Å²) in [6.07, 6.45) is 0. The van der Waals surface area contributed by atoms with Crippen molar-refractivity contribution in [2.24, 2.45) is 5.73 Å². The van der Waals surface area contributed by atoms with Crippen molar-refractivity contribution in [1.29, 1.82) is 0 Å². The van der Waals surface area contributed by atoms with Crippen LogP contribution in [0.4, 0.5) is 5.82 Å².